The molecule has 0 N–H and O–H groups in total. The van der Waals surface area contributed by atoms with Crippen molar-refractivity contribution in [1.82, 2.24) is 0 Å². The normalized spacial score (nSPS) is 22.1. The van der Waals surface area contributed by atoms with Crippen molar-refractivity contribution in [3.05, 3.63) is 0 Å². The van der Waals surface area contributed by atoms with Gasteiger partial charge in [0.1, 0.15) is 0 Å². The van der Waals surface area contributed by atoms with Crippen LogP contribution in [0.25, 0.3) is 0 Å². The summed E-state index contributed by atoms with van der Waals surface area (Å²) in [6.07, 6.45) is 0. The van der Waals surface area contributed by atoms with E-state index in [0.717, 1.165) is 0 Å². The first kappa shape index (κ1) is 31.5. The van der Waals surface area contributed by atoms with Gasteiger partial charge in [-0.15, -0.1) is 0 Å². The average molecular weight is 766 g/mol. The number of rotatable bonds is 0. The molecule has 22 heteroatoms. The van der Waals surface area contributed by atoms with Crippen molar-refractivity contribution in [2.24, 2.45) is 0 Å². The third-order valence-corrected chi connectivity index (χ3v) is 0. The van der Waals surface area contributed by atoms with E-state index in [1.807, 2.05) is 0 Å². The van der Waals surface area contributed by atoms with Crippen LogP contribution < -0.4 is 0 Å². The number of hydrogen-bond acceptors (Lipinski definition) is 0. The SMILES string of the molecule is [Co+3].[F][Sb-]([F])([F])([F])([F])[F].[F][Sb-]([F])([F])([F])([F])[F].[F][Sb-]([F])([F])([F])([F])[F]. The molecule has 0 fully saturated rings. The van der Waals surface area contributed by atoms with Gasteiger partial charge in [0.15, 0.2) is 0 Å². The fourth-order valence-corrected chi connectivity index (χ4v) is 0. The number of halogens is 18. The van der Waals surface area contributed by atoms with Crippen LogP contribution in [0.1, 0.15) is 0 Å². The summed E-state index contributed by atoms with van der Waals surface area (Å²) in [7, 11) is 0. The molecule has 0 aliphatic rings. The van der Waals surface area contributed by atoms with Crippen LogP contribution in [0.5, 0.6) is 0 Å². The van der Waals surface area contributed by atoms with E-state index >= 15 is 0 Å². The maximum absolute atomic E-state index is 11.2. The molecular formula is CoF18Sb3. The van der Waals surface area contributed by atoms with Crippen LogP contribution >= 0.6 is 0 Å². The van der Waals surface area contributed by atoms with Gasteiger partial charge in [0, 0.05) is 0 Å². The zero-order valence-corrected chi connectivity index (χ0v) is 17.2. The van der Waals surface area contributed by atoms with Crippen molar-refractivity contribution in [3.8, 4) is 0 Å². The summed E-state index contributed by atoms with van der Waals surface area (Å²) >= 11 is -33.8. The molecule has 0 nitrogen and oxygen atoms in total. The molecule has 0 amide bonds. The standard InChI is InChI=1S/Co.18FH.3Sb/h;18*1H;;;/q+3;;;;;;;;;;;;;;;;;;;3*+5/p-18. The molecule has 0 aromatic rings. The first-order chi connectivity index (χ1) is 7.35. The fourth-order valence-electron chi connectivity index (χ4n) is 0. The molecule has 0 saturated heterocycles. The van der Waals surface area contributed by atoms with Gasteiger partial charge in [0.2, 0.25) is 0 Å². The second kappa shape index (κ2) is 4.90. The topological polar surface area (TPSA) is 0 Å². The van der Waals surface area contributed by atoms with E-state index < -0.39 is 58.4 Å². The van der Waals surface area contributed by atoms with E-state index in [-0.39, 0.29) is 16.8 Å². The quantitative estimate of drug-likeness (QED) is 0.198. The Morgan fingerprint density at radius 3 is 0.227 bits per heavy atom. The van der Waals surface area contributed by atoms with E-state index in [1.165, 1.54) is 0 Å². The molecule has 0 aliphatic carbocycles. The predicted octanol–water partition coefficient (Wildman–Crippen LogP) is 6.42. The van der Waals surface area contributed by atoms with Crippen molar-refractivity contribution in [3.63, 3.8) is 0 Å². The Morgan fingerprint density at radius 1 is 0.227 bits per heavy atom. The van der Waals surface area contributed by atoms with Gasteiger partial charge < -0.3 is 0 Å². The zero-order chi connectivity index (χ0) is 19.2. The van der Waals surface area contributed by atoms with Crippen molar-refractivity contribution in [2.75, 3.05) is 0 Å². The van der Waals surface area contributed by atoms with Crippen molar-refractivity contribution >= 4 is 58.4 Å². The number of hydrogen-bond donors (Lipinski definition) is 0. The molecule has 22 heavy (non-hydrogen) atoms. The van der Waals surface area contributed by atoms with Crippen LogP contribution in [0.15, 0.2) is 0 Å². The predicted molar refractivity (Wildman–Crippen MR) is 37.2 cm³/mol. The second-order valence-corrected chi connectivity index (χ2v) is 19.3. The molecule has 150 valence electrons. The van der Waals surface area contributed by atoms with E-state index in [9.17, 15) is 50.6 Å². The Balaban J connectivity index is -0.000000108. The van der Waals surface area contributed by atoms with Gasteiger partial charge in [-0.25, -0.2) is 0 Å². The van der Waals surface area contributed by atoms with Crippen molar-refractivity contribution in [2.45, 2.75) is 0 Å². The zero-order valence-electron chi connectivity index (χ0n) is 8.48. The molecule has 0 aromatic heterocycles. The third kappa shape index (κ3) is 3210. The first-order valence-corrected chi connectivity index (χ1v) is 20.4. The van der Waals surface area contributed by atoms with Crippen molar-refractivity contribution in [1.29, 1.82) is 0 Å². The Bertz CT molecular complexity index is 265. The molecular weight excluding hydrogens is 766 g/mol. The van der Waals surface area contributed by atoms with Gasteiger partial charge in [-0.2, -0.15) is 0 Å². The summed E-state index contributed by atoms with van der Waals surface area (Å²) < 4.78 is 179. The van der Waals surface area contributed by atoms with Gasteiger partial charge in [0.25, 0.3) is 0 Å². The van der Waals surface area contributed by atoms with E-state index in [0.29, 0.717) is 0 Å². The van der Waals surface area contributed by atoms with Crippen LogP contribution in [-0.2, 0) is 16.8 Å². The summed E-state index contributed by atoms with van der Waals surface area (Å²) in [6.45, 7) is 0. The molecule has 0 aliphatic heterocycles. The van der Waals surface area contributed by atoms with E-state index in [1.54, 1.807) is 0 Å². The van der Waals surface area contributed by atoms with Crippen LogP contribution in [0.3, 0.4) is 0 Å². The monoisotopic (exact) mass is 764 g/mol. The van der Waals surface area contributed by atoms with Crippen LogP contribution in [0.4, 0.5) is 50.6 Å². The Hall–Kier alpha value is 1.70. The summed E-state index contributed by atoms with van der Waals surface area (Å²) in [5.41, 5.74) is 0. The Morgan fingerprint density at radius 2 is 0.227 bits per heavy atom. The maximum atomic E-state index is 9.93. The molecule has 0 saturated carbocycles. The van der Waals surface area contributed by atoms with Gasteiger partial charge >= 0.3 is 126 Å². The van der Waals surface area contributed by atoms with Gasteiger partial charge in [-0.05, 0) is 0 Å². The molecule has 0 radical (unpaired) electrons. The molecule has 0 aromatic carbocycles. The van der Waals surface area contributed by atoms with Gasteiger partial charge in [0.05, 0.1) is 0 Å². The van der Waals surface area contributed by atoms with Crippen LogP contribution in [0.2, 0.25) is 0 Å². The molecule has 0 heterocycles. The summed E-state index contributed by atoms with van der Waals surface area (Å²) in [6, 6.07) is 0. The summed E-state index contributed by atoms with van der Waals surface area (Å²) in [5, 5.41) is 0. The molecule has 0 rings (SSSR count). The van der Waals surface area contributed by atoms with Crippen LogP contribution in [-0.4, -0.2) is 58.4 Å². The fraction of sp³-hybridized carbons (Fsp3) is 0. The Labute approximate surface area is 125 Å². The second-order valence-electron chi connectivity index (χ2n) is 2.87. The Kier molecular flexibility index (Phi) is 7.01. The average Bonchev–Trinajstić information content (AvgIpc) is 1.19. The van der Waals surface area contributed by atoms with Crippen molar-refractivity contribution < 1.29 is 67.4 Å². The molecule has 0 unspecified atom stereocenters. The molecule has 0 atom stereocenters. The molecule has 0 bridgehead atoms. The van der Waals surface area contributed by atoms with Gasteiger partial charge in [-0.3, -0.25) is 0 Å². The summed E-state index contributed by atoms with van der Waals surface area (Å²) in [4.78, 5) is 0. The van der Waals surface area contributed by atoms with E-state index in [4.69, 9.17) is 0 Å². The minimum absolute atomic E-state index is 0. The minimum atomic E-state index is -11.2. The van der Waals surface area contributed by atoms with E-state index in [2.05, 4.69) is 0 Å². The third-order valence-electron chi connectivity index (χ3n) is 0. The van der Waals surface area contributed by atoms with Gasteiger partial charge in [-0.1, -0.05) is 0 Å². The summed E-state index contributed by atoms with van der Waals surface area (Å²) in [5.74, 6) is 0. The van der Waals surface area contributed by atoms with Crippen LogP contribution in [0, 0.1) is 0 Å². The first-order valence-electron chi connectivity index (χ1n) is 3.04. The molecule has 0 spiro atoms.